The highest BCUT2D eigenvalue weighted by Gasteiger charge is 2.19. The number of thiazole rings is 1. The van der Waals surface area contributed by atoms with Gasteiger partial charge in [-0.2, -0.15) is 0 Å². The van der Waals surface area contributed by atoms with Gasteiger partial charge in [-0.3, -0.25) is 4.79 Å². The van der Waals surface area contributed by atoms with Crippen LogP contribution < -0.4 is 5.32 Å². The molecule has 1 N–H and O–H groups in total. The molecule has 0 aliphatic rings. The molecule has 4 aromatic rings. The molecule has 7 heteroatoms. The quantitative estimate of drug-likeness (QED) is 0.506. The molecule has 4 rings (SSSR count). The summed E-state index contributed by atoms with van der Waals surface area (Å²) < 4.78 is 25.8. The fourth-order valence-corrected chi connectivity index (χ4v) is 5.16. The van der Waals surface area contributed by atoms with Gasteiger partial charge in [-0.25, -0.2) is 13.4 Å². The lowest BCUT2D eigenvalue weighted by molar-refractivity contribution is -0.113. The van der Waals surface area contributed by atoms with Gasteiger partial charge < -0.3 is 5.32 Å². The number of fused-ring (bicyclic) bond motifs is 1. The van der Waals surface area contributed by atoms with Gasteiger partial charge in [-0.1, -0.05) is 24.3 Å². The number of amides is 1. The molecule has 1 amide bonds. The number of anilines is 1. The van der Waals surface area contributed by atoms with Crippen molar-refractivity contribution in [1.29, 1.82) is 0 Å². The summed E-state index contributed by atoms with van der Waals surface area (Å²) in [5, 5.41) is 3.54. The van der Waals surface area contributed by atoms with E-state index in [4.69, 9.17) is 0 Å². The number of carbonyl (C=O) groups excluding carboxylic acids is 1. The van der Waals surface area contributed by atoms with E-state index in [2.05, 4.69) is 16.4 Å². The van der Waals surface area contributed by atoms with Gasteiger partial charge in [0.05, 0.1) is 15.1 Å². The van der Waals surface area contributed by atoms with E-state index < -0.39 is 21.5 Å². The highest BCUT2D eigenvalue weighted by atomic mass is 32.2. The molecule has 0 unspecified atom stereocenters. The minimum Gasteiger partial charge on any atom is -0.325 e. The molecule has 5 nitrogen and oxygen atoms in total. The summed E-state index contributed by atoms with van der Waals surface area (Å²) in [5.74, 6) is -1.17. The summed E-state index contributed by atoms with van der Waals surface area (Å²) in [7, 11) is -3.67. The van der Waals surface area contributed by atoms with Crippen LogP contribution in [0.15, 0.2) is 77.7 Å². The molecule has 0 fully saturated rings. The van der Waals surface area contributed by atoms with Crippen molar-refractivity contribution in [2.45, 2.75) is 11.8 Å². The summed E-state index contributed by atoms with van der Waals surface area (Å²) in [6.45, 7) is 2.05. The van der Waals surface area contributed by atoms with Crippen LogP contribution in [0.1, 0.15) is 5.56 Å². The second-order valence-electron chi connectivity index (χ2n) is 6.69. The van der Waals surface area contributed by atoms with Crippen molar-refractivity contribution in [3.63, 3.8) is 0 Å². The van der Waals surface area contributed by atoms with E-state index in [1.807, 2.05) is 31.2 Å². The van der Waals surface area contributed by atoms with Crippen molar-refractivity contribution in [2.75, 3.05) is 11.1 Å². The lowest BCUT2D eigenvalue weighted by Gasteiger charge is -2.07. The zero-order valence-electron chi connectivity index (χ0n) is 15.6. The van der Waals surface area contributed by atoms with Crippen LogP contribution >= 0.6 is 11.3 Å². The number of aromatic nitrogens is 1. The Kier molecular flexibility index (Phi) is 5.17. The van der Waals surface area contributed by atoms with Gasteiger partial charge in [0.1, 0.15) is 10.8 Å². The Hall–Kier alpha value is -3.03. The van der Waals surface area contributed by atoms with E-state index in [1.54, 1.807) is 41.7 Å². The molecular weight excluding hydrogens is 404 g/mol. The Labute approximate surface area is 173 Å². The minimum atomic E-state index is -3.67. The minimum absolute atomic E-state index is 0.136. The Morgan fingerprint density at radius 3 is 2.45 bits per heavy atom. The van der Waals surface area contributed by atoms with Gasteiger partial charge in [-0.05, 0) is 61.0 Å². The van der Waals surface area contributed by atoms with Crippen molar-refractivity contribution in [1.82, 2.24) is 4.98 Å². The monoisotopic (exact) mass is 422 g/mol. The van der Waals surface area contributed by atoms with Crippen molar-refractivity contribution < 1.29 is 13.2 Å². The molecule has 3 aromatic carbocycles. The summed E-state index contributed by atoms with van der Waals surface area (Å²) in [6.07, 6.45) is 0. The molecule has 0 saturated carbocycles. The number of rotatable bonds is 5. The first-order chi connectivity index (χ1) is 13.9. The maximum atomic E-state index is 12.3. The summed E-state index contributed by atoms with van der Waals surface area (Å²) in [6, 6.07) is 21.3. The van der Waals surface area contributed by atoms with E-state index >= 15 is 0 Å². The molecule has 1 aromatic heterocycles. The first kappa shape index (κ1) is 19.3. The second kappa shape index (κ2) is 7.77. The van der Waals surface area contributed by atoms with Gasteiger partial charge in [0, 0.05) is 11.3 Å². The molecule has 1 heterocycles. The predicted octanol–water partition coefficient (Wildman–Crippen LogP) is 4.68. The summed E-state index contributed by atoms with van der Waals surface area (Å²) >= 11 is 1.61. The highest BCUT2D eigenvalue weighted by Crippen LogP contribution is 2.31. The molecule has 146 valence electrons. The Bertz CT molecular complexity index is 1280. The smallest absolute Gasteiger partial charge is 0.239 e. The molecule has 0 aliphatic heterocycles. The molecule has 0 atom stereocenters. The van der Waals surface area contributed by atoms with Crippen LogP contribution in [-0.2, 0) is 14.6 Å². The van der Waals surface area contributed by atoms with E-state index in [0.717, 1.165) is 20.8 Å². The van der Waals surface area contributed by atoms with Crippen molar-refractivity contribution >= 4 is 43.0 Å². The van der Waals surface area contributed by atoms with E-state index in [1.165, 1.54) is 17.7 Å². The third-order valence-electron chi connectivity index (χ3n) is 4.38. The zero-order valence-corrected chi connectivity index (χ0v) is 17.3. The van der Waals surface area contributed by atoms with E-state index in [0.29, 0.717) is 5.69 Å². The van der Waals surface area contributed by atoms with Crippen LogP contribution in [0.3, 0.4) is 0 Å². The standard InChI is InChI=1S/C22H18N2O3S2/c1-15-7-12-19-20(13-15)28-22(24-19)16-8-10-17(11-9-16)23-21(25)14-29(26,27)18-5-3-2-4-6-18/h2-13H,14H2,1H3,(H,23,25). The number of hydrogen-bond donors (Lipinski definition) is 1. The molecule has 29 heavy (non-hydrogen) atoms. The fraction of sp³-hybridized carbons (Fsp3) is 0.0909. The molecule has 0 bridgehead atoms. The van der Waals surface area contributed by atoms with Gasteiger partial charge >= 0.3 is 0 Å². The average Bonchev–Trinajstić information content (AvgIpc) is 3.12. The van der Waals surface area contributed by atoms with Crippen molar-refractivity contribution in [3.05, 3.63) is 78.4 Å². The molecular formula is C22H18N2O3S2. The maximum Gasteiger partial charge on any atom is 0.239 e. The van der Waals surface area contributed by atoms with Gasteiger partial charge in [0.25, 0.3) is 0 Å². The third kappa shape index (κ3) is 4.36. The SMILES string of the molecule is Cc1ccc2nc(-c3ccc(NC(=O)CS(=O)(=O)c4ccccc4)cc3)sc2c1. The maximum absolute atomic E-state index is 12.3. The number of carbonyl (C=O) groups is 1. The lowest BCUT2D eigenvalue weighted by atomic mass is 10.2. The number of sulfone groups is 1. The Balaban J connectivity index is 1.47. The van der Waals surface area contributed by atoms with Crippen LogP contribution in [0.5, 0.6) is 0 Å². The van der Waals surface area contributed by atoms with Crippen molar-refractivity contribution in [2.24, 2.45) is 0 Å². The largest absolute Gasteiger partial charge is 0.325 e. The van der Waals surface area contributed by atoms with E-state index in [9.17, 15) is 13.2 Å². The summed E-state index contributed by atoms with van der Waals surface area (Å²) in [5.41, 5.74) is 3.63. The normalized spacial score (nSPS) is 11.5. The van der Waals surface area contributed by atoms with Gasteiger partial charge in [-0.15, -0.1) is 11.3 Å². The van der Waals surface area contributed by atoms with Gasteiger partial charge in [0.2, 0.25) is 5.91 Å². The summed E-state index contributed by atoms with van der Waals surface area (Å²) in [4.78, 5) is 17.0. The molecule has 0 spiro atoms. The van der Waals surface area contributed by atoms with Crippen LogP contribution in [0.25, 0.3) is 20.8 Å². The number of nitrogens with one attached hydrogen (secondary N) is 1. The lowest BCUT2D eigenvalue weighted by Crippen LogP contribution is -2.22. The zero-order chi connectivity index (χ0) is 20.4. The highest BCUT2D eigenvalue weighted by molar-refractivity contribution is 7.92. The van der Waals surface area contributed by atoms with Crippen molar-refractivity contribution in [3.8, 4) is 10.6 Å². The first-order valence-corrected chi connectivity index (χ1v) is 11.4. The number of hydrogen-bond acceptors (Lipinski definition) is 5. The predicted molar refractivity (Wildman–Crippen MR) is 117 cm³/mol. The molecule has 0 aliphatic carbocycles. The number of benzene rings is 3. The molecule has 0 saturated heterocycles. The number of nitrogens with zero attached hydrogens (tertiary/aromatic N) is 1. The van der Waals surface area contributed by atoms with E-state index in [-0.39, 0.29) is 4.90 Å². The fourth-order valence-electron chi connectivity index (χ4n) is 2.93. The first-order valence-electron chi connectivity index (χ1n) is 8.96. The van der Waals surface area contributed by atoms with Crippen LogP contribution in [0.4, 0.5) is 5.69 Å². The van der Waals surface area contributed by atoms with Crippen LogP contribution in [-0.4, -0.2) is 25.1 Å². The van der Waals surface area contributed by atoms with Gasteiger partial charge in [0.15, 0.2) is 9.84 Å². The topological polar surface area (TPSA) is 76.1 Å². The van der Waals surface area contributed by atoms with Crippen LogP contribution in [0, 0.1) is 6.92 Å². The Morgan fingerprint density at radius 2 is 1.72 bits per heavy atom. The van der Waals surface area contributed by atoms with Crippen LogP contribution in [0.2, 0.25) is 0 Å². The Morgan fingerprint density at radius 1 is 1.00 bits per heavy atom. The second-order valence-corrected chi connectivity index (χ2v) is 9.71. The molecule has 0 radical (unpaired) electrons. The number of aryl methyl sites for hydroxylation is 1. The third-order valence-corrected chi connectivity index (χ3v) is 7.08. The average molecular weight is 423 g/mol.